The molecule has 1 aromatic carbocycles. The van der Waals surface area contributed by atoms with Gasteiger partial charge in [-0.3, -0.25) is 0 Å². The van der Waals surface area contributed by atoms with Crippen molar-refractivity contribution in [2.24, 2.45) is 0 Å². The number of hydrogen-bond acceptors (Lipinski definition) is 3. The van der Waals surface area contributed by atoms with E-state index in [0.29, 0.717) is 13.2 Å². The number of benzene rings is 1. The zero-order chi connectivity index (χ0) is 15.1. The standard InChI is InChI=1S/C16H24N2O3/c1-2-3-10-21-15-8-4-6-13(11-15)17-16(20)18-9-5-7-14(18)12-19/h4,6,8,11,14,19H,2-3,5,7,9-10,12H2,1H3,(H,17,20)/t14-/m0/s1. The maximum Gasteiger partial charge on any atom is 0.322 e. The third-order valence-corrected chi connectivity index (χ3v) is 3.70. The fourth-order valence-corrected chi connectivity index (χ4v) is 2.49. The molecule has 1 aliphatic heterocycles. The molecule has 0 aromatic heterocycles. The molecule has 0 bridgehead atoms. The molecule has 0 aliphatic carbocycles. The minimum absolute atomic E-state index is 0.0214. The minimum Gasteiger partial charge on any atom is -0.494 e. The third kappa shape index (κ3) is 4.36. The first kappa shape index (κ1) is 15.6. The van der Waals surface area contributed by atoms with Crippen LogP contribution in [0.5, 0.6) is 5.75 Å². The Kier molecular flexibility index (Phi) is 5.87. The first-order chi connectivity index (χ1) is 10.2. The lowest BCUT2D eigenvalue weighted by Gasteiger charge is -2.23. The van der Waals surface area contributed by atoms with Gasteiger partial charge in [-0.25, -0.2) is 4.79 Å². The first-order valence-corrected chi connectivity index (χ1v) is 7.66. The van der Waals surface area contributed by atoms with E-state index in [9.17, 15) is 9.90 Å². The molecule has 1 aliphatic rings. The number of urea groups is 1. The summed E-state index contributed by atoms with van der Waals surface area (Å²) >= 11 is 0. The number of anilines is 1. The molecule has 5 heteroatoms. The van der Waals surface area contributed by atoms with Crippen molar-refractivity contribution >= 4 is 11.7 Å². The molecule has 2 N–H and O–H groups in total. The van der Waals surface area contributed by atoms with Crippen LogP contribution in [-0.2, 0) is 0 Å². The van der Waals surface area contributed by atoms with Gasteiger partial charge in [0, 0.05) is 18.3 Å². The van der Waals surface area contributed by atoms with E-state index >= 15 is 0 Å². The van der Waals surface area contributed by atoms with Crippen molar-refractivity contribution in [3.63, 3.8) is 0 Å². The van der Waals surface area contributed by atoms with Crippen LogP contribution in [0.1, 0.15) is 32.6 Å². The number of ether oxygens (including phenoxy) is 1. The number of carbonyl (C=O) groups is 1. The van der Waals surface area contributed by atoms with E-state index in [1.807, 2.05) is 24.3 Å². The van der Waals surface area contributed by atoms with Gasteiger partial charge in [-0.05, 0) is 31.4 Å². The summed E-state index contributed by atoms with van der Waals surface area (Å²) < 4.78 is 5.63. The average molecular weight is 292 g/mol. The highest BCUT2D eigenvalue weighted by Gasteiger charge is 2.27. The lowest BCUT2D eigenvalue weighted by Crippen LogP contribution is -2.40. The second-order valence-corrected chi connectivity index (χ2v) is 5.33. The lowest BCUT2D eigenvalue weighted by atomic mass is 10.2. The Morgan fingerprint density at radius 1 is 1.52 bits per heavy atom. The van der Waals surface area contributed by atoms with Crippen molar-refractivity contribution < 1.29 is 14.6 Å². The van der Waals surface area contributed by atoms with Crippen molar-refractivity contribution in [3.8, 4) is 5.75 Å². The van der Waals surface area contributed by atoms with Crippen LogP contribution in [0.3, 0.4) is 0 Å². The number of nitrogens with one attached hydrogen (secondary N) is 1. The van der Waals surface area contributed by atoms with Crippen LogP contribution in [-0.4, -0.2) is 41.8 Å². The fourth-order valence-electron chi connectivity index (χ4n) is 2.49. The van der Waals surface area contributed by atoms with Gasteiger partial charge in [0.05, 0.1) is 19.3 Å². The molecule has 116 valence electrons. The van der Waals surface area contributed by atoms with E-state index in [0.717, 1.165) is 37.1 Å². The average Bonchev–Trinajstić information content (AvgIpc) is 2.96. The Hall–Kier alpha value is -1.75. The van der Waals surface area contributed by atoms with Crippen molar-refractivity contribution in [1.82, 2.24) is 4.90 Å². The zero-order valence-electron chi connectivity index (χ0n) is 12.5. The second kappa shape index (κ2) is 7.88. The summed E-state index contributed by atoms with van der Waals surface area (Å²) in [5, 5.41) is 12.1. The van der Waals surface area contributed by atoms with E-state index in [-0.39, 0.29) is 18.7 Å². The summed E-state index contributed by atoms with van der Waals surface area (Å²) in [6.45, 7) is 3.53. The van der Waals surface area contributed by atoms with Gasteiger partial charge in [0.1, 0.15) is 5.75 Å². The van der Waals surface area contributed by atoms with Crippen LogP contribution in [0.4, 0.5) is 10.5 Å². The largest absolute Gasteiger partial charge is 0.494 e. The molecule has 1 fully saturated rings. The number of amides is 2. The van der Waals surface area contributed by atoms with Crippen LogP contribution in [0, 0.1) is 0 Å². The topological polar surface area (TPSA) is 61.8 Å². The van der Waals surface area contributed by atoms with Gasteiger partial charge in [0.15, 0.2) is 0 Å². The molecular formula is C16H24N2O3. The predicted octanol–water partition coefficient (Wildman–Crippen LogP) is 2.85. The summed E-state index contributed by atoms with van der Waals surface area (Å²) in [6.07, 6.45) is 3.92. The van der Waals surface area contributed by atoms with Crippen LogP contribution in [0.25, 0.3) is 0 Å². The number of likely N-dealkylation sites (tertiary alicyclic amines) is 1. The highest BCUT2D eigenvalue weighted by molar-refractivity contribution is 5.89. The monoisotopic (exact) mass is 292 g/mol. The normalized spacial score (nSPS) is 17.8. The molecular weight excluding hydrogens is 268 g/mol. The Bertz CT molecular complexity index is 465. The SMILES string of the molecule is CCCCOc1cccc(NC(=O)N2CCC[C@H]2CO)c1. The highest BCUT2D eigenvalue weighted by atomic mass is 16.5. The number of carbonyl (C=O) groups excluding carboxylic acids is 1. The van der Waals surface area contributed by atoms with Crippen LogP contribution < -0.4 is 10.1 Å². The lowest BCUT2D eigenvalue weighted by molar-refractivity contribution is 0.166. The summed E-state index contributed by atoms with van der Waals surface area (Å²) in [6, 6.07) is 7.21. The van der Waals surface area contributed by atoms with E-state index < -0.39 is 0 Å². The quantitative estimate of drug-likeness (QED) is 0.793. The number of rotatable bonds is 6. The van der Waals surface area contributed by atoms with Crippen molar-refractivity contribution in [2.75, 3.05) is 25.1 Å². The summed E-state index contributed by atoms with van der Waals surface area (Å²) in [5.74, 6) is 0.765. The van der Waals surface area contributed by atoms with Gasteiger partial charge in [-0.15, -0.1) is 0 Å². The van der Waals surface area contributed by atoms with Gasteiger partial charge in [-0.1, -0.05) is 19.4 Å². The van der Waals surface area contributed by atoms with E-state index in [1.54, 1.807) is 4.90 Å². The molecule has 1 saturated heterocycles. The third-order valence-electron chi connectivity index (χ3n) is 3.70. The molecule has 0 radical (unpaired) electrons. The molecule has 0 unspecified atom stereocenters. The molecule has 2 amide bonds. The number of aliphatic hydroxyl groups is 1. The van der Waals surface area contributed by atoms with E-state index in [4.69, 9.17) is 4.74 Å². The maximum atomic E-state index is 12.2. The minimum atomic E-state index is -0.155. The molecule has 0 spiro atoms. The van der Waals surface area contributed by atoms with Gasteiger partial charge in [-0.2, -0.15) is 0 Å². The summed E-state index contributed by atoms with van der Waals surface area (Å²) in [4.78, 5) is 13.9. The maximum absolute atomic E-state index is 12.2. The molecule has 5 nitrogen and oxygen atoms in total. The van der Waals surface area contributed by atoms with Crippen molar-refractivity contribution in [1.29, 1.82) is 0 Å². The van der Waals surface area contributed by atoms with E-state index in [1.165, 1.54) is 0 Å². The summed E-state index contributed by atoms with van der Waals surface area (Å²) in [5.41, 5.74) is 0.720. The molecule has 2 rings (SSSR count). The predicted molar refractivity (Wildman–Crippen MR) is 82.7 cm³/mol. The van der Waals surface area contributed by atoms with Gasteiger partial charge in [0.25, 0.3) is 0 Å². The van der Waals surface area contributed by atoms with Gasteiger partial charge < -0.3 is 20.1 Å². The number of aliphatic hydroxyl groups excluding tert-OH is 1. The Morgan fingerprint density at radius 2 is 2.38 bits per heavy atom. The van der Waals surface area contributed by atoms with Gasteiger partial charge in [0.2, 0.25) is 0 Å². The smallest absolute Gasteiger partial charge is 0.322 e. The van der Waals surface area contributed by atoms with Crippen LogP contribution >= 0.6 is 0 Å². The first-order valence-electron chi connectivity index (χ1n) is 7.66. The van der Waals surface area contributed by atoms with Crippen molar-refractivity contribution in [3.05, 3.63) is 24.3 Å². The van der Waals surface area contributed by atoms with Crippen LogP contribution in [0.2, 0.25) is 0 Å². The Balaban J connectivity index is 1.92. The number of unbranched alkanes of at least 4 members (excludes halogenated alkanes) is 1. The van der Waals surface area contributed by atoms with Crippen LogP contribution in [0.15, 0.2) is 24.3 Å². The zero-order valence-corrected chi connectivity index (χ0v) is 12.5. The molecule has 1 aromatic rings. The van der Waals surface area contributed by atoms with Crippen molar-refractivity contribution in [2.45, 2.75) is 38.6 Å². The highest BCUT2D eigenvalue weighted by Crippen LogP contribution is 2.21. The Morgan fingerprint density at radius 3 is 3.14 bits per heavy atom. The summed E-state index contributed by atoms with van der Waals surface area (Å²) in [7, 11) is 0. The fraction of sp³-hybridized carbons (Fsp3) is 0.562. The Labute approximate surface area is 125 Å². The molecule has 21 heavy (non-hydrogen) atoms. The molecule has 1 heterocycles. The van der Waals surface area contributed by atoms with E-state index in [2.05, 4.69) is 12.2 Å². The second-order valence-electron chi connectivity index (χ2n) is 5.33. The molecule has 1 atom stereocenters. The molecule has 0 saturated carbocycles. The number of hydrogen-bond donors (Lipinski definition) is 2. The number of nitrogens with zero attached hydrogens (tertiary/aromatic N) is 1. The van der Waals surface area contributed by atoms with Gasteiger partial charge >= 0.3 is 6.03 Å².